The van der Waals surface area contributed by atoms with E-state index < -0.39 is 6.36 Å². The van der Waals surface area contributed by atoms with E-state index in [1.165, 1.54) is 19.2 Å². The third kappa shape index (κ3) is 5.37. The highest BCUT2D eigenvalue weighted by Crippen LogP contribution is 2.23. The molecule has 0 bridgehead atoms. The normalized spacial score (nSPS) is 11.3. The van der Waals surface area contributed by atoms with E-state index in [1.807, 2.05) is 29.1 Å². The Balaban J connectivity index is 1.61. The molecule has 9 heteroatoms. The second-order valence-corrected chi connectivity index (χ2v) is 5.56. The van der Waals surface area contributed by atoms with Crippen molar-refractivity contribution in [3.05, 3.63) is 60.4 Å². The summed E-state index contributed by atoms with van der Waals surface area (Å²) in [4.78, 5) is 8.53. The molecule has 0 saturated carbocycles. The zero-order valence-electron chi connectivity index (χ0n) is 14.4. The minimum atomic E-state index is -4.69. The van der Waals surface area contributed by atoms with Gasteiger partial charge in [0.25, 0.3) is 0 Å². The second-order valence-electron chi connectivity index (χ2n) is 5.56. The van der Waals surface area contributed by atoms with Crippen molar-refractivity contribution in [3.63, 3.8) is 0 Å². The largest absolute Gasteiger partial charge is 0.573 e. The molecule has 0 aliphatic rings. The Kier molecular flexibility index (Phi) is 5.49. The lowest BCUT2D eigenvalue weighted by molar-refractivity contribution is -0.274. The van der Waals surface area contributed by atoms with Gasteiger partial charge in [0.05, 0.1) is 7.11 Å². The number of ether oxygens (including phenoxy) is 2. The maximum atomic E-state index is 12.2. The lowest BCUT2D eigenvalue weighted by atomic mass is 10.1. The van der Waals surface area contributed by atoms with Gasteiger partial charge in [0.1, 0.15) is 17.4 Å². The van der Waals surface area contributed by atoms with Crippen molar-refractivity contribution < 1.29 is 22.6 Å². The Morgan fingerprint density at radius 3 is 2.41 bits per heavy atom. The number of nitrogens with one attached hydrogen (secondary N) is 1. The highest BCUT2D eigenvalue weighted by atomic mass is 19.4. The van der Waals surface area contributed by atoms with E-state index in [4.69, 9.17) is 4.74 Å². The number of nitrogens with zero attached hydrogens (tertiary/aromatic N) is 3. The minimum Gasteiger partial charge on any atom is -0.467 e. The molecule has 0 fully saturated rings. The van der Waals surface area contributed by atoms with Gasteiger partial charge in [-0.1, -0.05) is 12.1 Å². The lowest BCUT2D eigenvalue weighted by Crippen LogP contribution is -2.17. The molecule has 0 amide bonds. The van der Waals surface area contributed by atoms with Crippen LogP contribution >= 0.6 is 0 Å². The van der Waals surface area contributed by atoms with Crippen LogP contribution in [0.25, 0.3) is 5.82 Å². The van der Waals surface area contributed by atoms with E-state index in [2.05, 4.69) is 20.0 Å². The average molecular weight is 378 g/mol. The third-order valence-electron chi connectivity index (χ3n) is 3.62. The van der Waals surface area contributed by atoms with Crippen LogP contribution in [0.3, 0.4) is 0 Å². The topological polar surface area (TPSA) is 61.2 Å². The summed E-state index contributed by atoms with van der Waals surface area (Å²) >= 11 is 0. The minimum absolute atomic E-state index is 0.234. The summed E-state index contributed by atoms with van der Waals surface area (Å²) in [6.07, 6.45) is -0.379. The average Bonchev–Trinajstić information content (AvgIpc) is 3.16. The van der Waals surface area contributed by atoms with E-state index in [0.29, 0.717) is 24.6 Å². The van der Waals surface area contributed by atoms with Gasteiger partial charge in [-0.05, 0) is 36.2 Å². The first-order valence-corrected chi connectivity index (χ1v) is 8.08. The summed E-state index contributed by atoms with van der Waals surface area (Å²) < 4.78 is 47.3. The number of hydrogen-bond acceptors (Lipinski definition) is 5. The van der Waals surface area contributed by atoms with E-state index >= 15 is 0 Å². The zero-order valence-corrected chi connectivity index (χ0v) is 14.4. The van der Waals surface area contributed by atoms with Crippen molar-refractivity contribution >= 4 is 5.82 Å². The molecule has 0 unspecified atom stereocenters. The van der Waals surface area contributed by atoms with E-state index in [1.54, 1.807) is 18.2 Å². The summed E-state index contributed by atoms with van der Waals surface area (Å²) in [6.45, 7) is 0.533. The molecule has 6 nitrogen and oxygen atoms in total. The summed E-state index contributed by atoms with van der Waals surface area (Å²) in [6, 6.07) is 11.5. The number of hydrogen-bond donors (Lipinski definition) is 1. The number of methoxy groups -OCH3 is 1. The first kappa shape index (κ1) is 18.6. The summed E-state index contributed by atoms with van der Waals surface area (Å²) in [5.41, 5.74) is 0.865. The van der Waals surface area contributed by atoms with Gasteiger partial charge < -0.3 is 19.4 Å². The van der Waals surface area contributed by atoms with E-state index in [9.17, 15) is 13.2 Å². The number of aromatic nitrogens is 3. The molecular formula is C18H17F3N4O2. The van der Waals surface area contributed by atoms with Gasteiger partial charge in [0.2, 0.25) is 0 Å². The standard InChI is InChI=1S/C18H17F3N4O2/c1-26-17-23-15(12-16(24-17)25-10-2-3-11-25)22-9-8-13-4-6-14(7-5-13)27-18(19,20)21/h2-7,10-12H,8-9H2,1H3,(H,22,23,24). The van der Waals surface area contributed by atoms with Crippen molar-refractivity contribution in [2.75, 3.05) is 19.0 Å². The van der Waals surface area contributed by atoms with Crippen LogP contribution in [0, 0.1) is 0 Å². The van der Waals surface area contributed by atoms with Crippen LogP contribution in [-0.2, 0) is 6.42 Å². The van der Waals surface area contributed by atoms with E-state index in [0.717, 1.165) is 5.56 Å². The molecule has 2 heterocycles. The van der Waals surface area contributed by atoms with Gasteiger partial charge in [0, 0.05) is 25.0 Å². The van der Waals surface area contributed by atoms with Gasteiger partial charge in [-0.15, -0.1) is 13.2 Å². The fraction of sp³-hybridized carbons (Fsp3) is 0.222. The quantitative estimate of drug-likeness (QED) is 0.677. The SMILES string of the molecule is COc1nc(NCCc2ccc(OC(F)(F)F)cc2)cc(-n2cccc2)n1. The predicted molar refractivity (Wildman–Crippen MR) is 93.2 cm³/mol. The first-order chi connectivity index (χ1) is 12.9. The summed E-state index contributed by atoms with van der Waals surface area (Å²) in [5, 5.41) is 3.17. The molecule has 0 aliphatic carbocycles. The Hall–Kier alpha value is -3.23. The van der Waals surface area contributed by atoms with Crippen molar-refractivity contribution in [1.29, 1.82) is 0 Å². The highest BCUT2D eigenvalue weighted by molar-refractivity contribution is 5.43. The number of anilines is 1. The van der Waals surface area contributed by atoms with Gasteiger partial charge in [0.15, 0.2) is 0 Å². The molecule has 0 saturated heterocycles. The third-order valence-corrected chi connectivity index (χ3v) is 3.62. The van der Waals surface area contributed by atoms with Crippen LogP contribution < -0.4 is 14.8 Å². The van der Waals surface area contributed by atoms with Crippen LogP contribution in [-0.4, -0.2) is 34.6 Å². The molecule has 0 atom stereocenters. The van der Waals surface area contributed by atoms with Crippen LogP contribution in [0.2, 0.25) is 0 Å². The second kappa shape index (κ2) is 7.98. The molecular weight excluding hydrogens is 361 g/mol. The Morgan fingerprint density at radius 2 is 1.78 bits per heavy atom. The fourth-order valence-corrected chi connectivity index (χ4v) is 2.41. The molecule has 0 aliphatic heterocycles. The maximum absolute atomic E-state index is 12.2. The van der Waals surface area contributed by atoms with Crippen LogP contribution in [0.15, 0.2) is 54.9 Å². The van der Waals surface area contributed by atoms with Gasteiger partial charge in [-0.25, -0.2) is 0 Å². The number of halogens is 3. The van der Waals surface area contributed by atoms with E-state index in [-0.39, 0.29) is 11.8 Å². The van der Waals surface area contributed by atoms with Crippen molar-refractivity contribution in [2.24, 2.45) is 0 Å². The predicted octanol–water partition coefficient (Wildman–Crippen LogP) is 3.83. The Morgan fingerprint density at radius 1 is 1.07 bits per heavy atom. The van der Waals surface area contributed by atoms with Gasteiger partial charge in [-0.3, -0.25) is 0 Å². The fourth-order valence-electron chi connectivity index (χ4n) is 2.41. The molecule has 0 radical (unpaired) electrons. The molecule has 1 N–H and O–H groups in total. The highest BCUT2D eigenvalue weighted by Gasteiger charge is 2.30. The monoisotopic (exact) mass is 378 g/mol. The molecule has 2 aromatic heterocycles. The molecule has 0 spiro atoms. The molecule has 27 heavy (non-hydrogen) atoms. The number of rotatable bonds is 7. The summed E-state index contributed by atoms with van der Waals surface area (Å²) in [5.74, 6) is 1.00. The summed E-state index contributed by atoms with van der Waals surface area (Å²) in [7, 11) is 1.49. The van der Waals surface area contributed by atoms with Gasteiger partial charge in [-0.2, -0.15) is 9.97 Å². The first-order valence-electron chi connectivity index (χ1n) is 8.08. The molecule has 142 valence electrons. The number of benzene rings is 1. The van der Waals surface area contributed by atoms with Crippen LogP contribution in [0.1, 0.15) is 5.56 Å². The number of alkyl halides is 3. The van der Waals surface area contributed by atoms with Crippen molar-refractivity contribution in [2.45, 2.75) is 12.8 Å². The van der Waals surface area contributed by atoms with Crippen LogP contribution in [0.5, 0.6) is 11.8 Å². The van der Waals surface area contributed by atoms with Crippen molar-refractivity contribution in [1.82, 2.24) is 14.5 Å². The van der Waals surface area contributed by atoms with Crippen molar-refractivity contribution in [3.8, 4) is 17.6 Å². The molecule has 3 rings (SSSR count). The lowest BCUT2D eigenvalue weighted by Gasteiger charge is -2.11. The maximum Gasteiger partial charge on any atom is 0.573 e. The molecule has 3 aromatic rings. The molecule has 1 aromatic carbocycles. The zero-order chi connectivity index (χ0) is 19.3. The van der Waals surface area contributed by atoms with Crippen LogP contribution in [0.4, 0.5) is 19.0 Å². The smallest absolute Gasteiger partial charge is 0.467 e. The van der Waals surface area contributed by atoms with Gasteiger partial charge >= 0.3 is 12.4 Å². The Bertz CT molecular complexity index is 865. The Labute approximate surface area is 153 Å².